The van der Waals surface area contributed by atoms with E-state index in [0.717, 1.165) is 4.47 Å². The van der Waals surface area contributed by atoms with Gasteiger partial charge in [0.2, 0.25) is 0 Å². The van der Waals surface area contributed by atoms with E-state index in [2.05, 4.69) is 61.0 Å². The van der Waals surface area contributed by atoms with Gasteiger partial charge in [-0.3, -0.25) is 0 Å². The van der Waals surface area contributed by atoms with Crippen LogP contribution in [0.25, 0.3) is 5.57 Å². The molecule has 0 saturated heterocycles. The first-order valence-corrected chi connectivity index (χ1v) is 4.80. The van der Waals surface area contributed by atoms with E-state index < -0.39 is 0 Å². The second kappa shape index (κ2) is 3.90. The van der Waals surface area contributed by atoms with E-state index in [1.807, 2.05) is 0 Å². The van der Waals surface area contributed by atoms with Gasteiger partial charge in [0.05, 0.1) is 0 Å². The van der Waals surface area contributed by atoms with Gasteiger partial charge in [-0.2, -0.15) is 0 Å². The Kier molecular flexibility index (Phi) is 3.10. The molecule has 0 unspecified atom stereocenters. The molecule has 1 heteroatoms. The van der Waals surface area contributed by atoms with Crippen LogP contribution in [-0.4, -0.2) is 0 Å². The van der Waals surface area contributed by atoms with Crippen molar-refractivity contribution in [3.05, 3.63) is 39.9 Å². The number of allylic oxidation sites excluding steroid dienone is 2. The minimum atomic E-state index is 1.13. The molecule has 0 aliphatic rings. The molecule has 0 nitrogen and oxygen atoms in total. The summed E-state index contributed by atoms with van der Waals surface area (Å²) in [5, 5.41) is 0. The molecule has 1 aromatic rings. The van der Waals surface area contributed by atoms with Crippen molar-refractivity contribution in [1.29, 1.82) is 0 Å². The number of benzene rings is 1. The van der Waals surface area contributed by atoms with E-state index in [9.17, 15) is 0 Å². The minimum Gasteiger partial charge on any atom is -0.0729 e. The molecule has 12 heavy (non-hydrogen) atoms. The molecule has 0 atom stereocenters. The van der Waals surface area contributed by atoms with Crippen molar-refractivity contribution in [3.63, 3.8) is 0 Å². The largest absolute Gasteiger partial charge is 0.0729 e. The first-order chi connectivity index (χ1) is 5.61. The van der Waals surface area contributed by atoms with E-state index >= 15 is 0 Å². The second-order valence-electron chi connectivity index (χ2n) is 3.13. The van der Waals surface area contributed by atoms with Crippen molar-refractivity contribution in [1.82, 2.24) is 0 Å². The maximum absolute atomic E-state index is 3.42. The highest BCUT2D eigenvalue weighted by molar-refractivity contribution is 9.10. The summed E-state index contributed by atoms with van der Waals surface area (Å²) >= 11 is 3.42. The number of hydrogen-bond donors (Lipinski definition) is 0. The van der Waals surface area contributed by atoms with Gasteiger partial charge in [0.1, 0.15) is 0 Å². The minimum absolute atomic E-state index is 1.13. The van der Waals surface area contributed by atoms with Crippen LogP contribution in [0.1, 0.15) is 26.3 Å². The van der Waals surface area contributed by atoms with Gasteiger partial charge in [-0.15, -0.1) is 0 Å². The number of halogens is 1. The Bertz CT molecular complexity index is 289. The normalized spacial score (nSPS) is 9.67. The molecule has 0 spiro atoms. The summed E-state index contributed by atoms with van der Waals surface area (Å²) < 4.78 is 1.13. The van der Waals surface area contributed by atoms with Crippen molar-refractivity contribution in [2.24, 2.45) is 0 Å². The van der Waals surface area contributed by atoms with Crippen molar-refractivity contribution in [2.75, 3.05) is 0 Å². The fourth-order valence-corrected chi connectivity index (χ4v) is 1.25. The molecule has 0 aliphatic heterocycles. The van der Waals surface area contributed by atoms with Crippen LogP contribution in [0.5, 0.6) is 0 Å². The molecule has 0 fully saturated rings. The van der Waals surface area contributed by atoms with Gasteiger partial charge in [0, 0.05) is 4.47 Å². The molecule has 0 heterocycles. The Labute approximate surface area is 82.4 Å². The van der Waals surface area contributed by atoms with Crippen LogP contribution < -0.4 is 0 Å². The maximum Gasteiger partial charge on any atom is 0.0175 e. The second-order valence-corrected chi connectivity index (χ2v) is 4.05. The average Bonchev–Trinajstić information content (AvgIpc) is 2.04. The zero-order valence-electron chi connectivity index (χ0n) is 7.69. The van der Waals surface area contributed by atoms with Crippen LogP contribution in [0, 0.1) is 0 Å². The van der Waals surface area contributed by atoms with Crippen molar-refractivity contribution < 1.29 is 0 Å². The summed E-state index contributed by atoms with van der Waals surface area (Å²) in [6.07, 6.45) is 0. The predicted octanol–water partition coefficient (Wildman–Crippen LogP) is 4.26. The summed E-state index contributed by atoms with van der Waals surface area (Å²) in [5.41, 5.74) is 4.04. The Hall–Kier alpha value is -0.560. The Morgan fingerprint density at radius 2 is 1.50 bits per heavy atom. The maximum atomic E-state index is 3.42. The zero-order chi connectivity index (χ0) is 9.14. The zero-order valence-corrected chi connectivity index (χ0v) is 9.27. The number of hydrogen-bond acceptors (Lipinski definition) is 0. The molecule has 64 valence electrons. The SMILES string of the molecule is CC(C)=C(C)c1ccc(Br)cc1. The topological polar surface area (TPSA) is 0 Å². The molecule has 1 aromatic carbocycles. The lowest BCUT2D eigenvalue weighted by molar-refractivity contribution is 1.36. The Balaban J connectivity index is 3.06. The Morgan fingerprint density at radius 1 is 1.00 bits per heavy atom. The van der Waals surface area contributed by atoms with Crippen molar-refractivity contribution >= 4 is 21.5 Å². The predicted molar refractivity (Wildman–Crippen MR) is 58.1 cm³/mol. The first-order valence-electron chi connectivity index (χ1n) is 4.01. The van der Waals surface area contributed by atoms with E-state index in [4.69, 9.17) is 0 Å². The standard InChI is InChI=1S/C11H13Br/c1-8(2)9(3)10-4-6-11(12)7-5-10/h4-7H,1-3H3. The first kappa shape index (κ1) is 9.53. The van der Waals surface area contributed by atoms with E-state index in [1.54, 1.807) is 0 Å². The lowest BCUT2D eigenvalue weighted by atomic mass is 10.0. The van der Waals surface area contributed by atoms with E-state index in [0.29, 0.717) is 0 Å². The quantitative estimate of drug-likeness (QED) is 0.669. The summed E-state index contributed by atoms with van der Waals surface area (Å²) in [6, 6.07) is 8.41. The Morgan fingerprint density at radius 3 is 1.92 bits per heavy atom. The van der Waals surface area contributed by atoms with Gasteiger partial charge in [0.25, 0.3) is 0 Å². The average molecular weight is 225 g/mol. The highest BCUT2D eigenvalue weighted by Crippen LogP contribution is 2.19. The molecule has 0 radical (unpaired) electrons. The molecule has 0 aromatic heterocycles. The van der Waals surface area contributed by atoms with Crippen LogP contribution >= 0.6 is 15.9 Å². The summed E-state index contributed by atoms with van der Waals surface area (Å²) in [6.45, 7) is 6.42. The van der Waals surface area contributed by atoms with E-state index in [-0.39, 0.29) is 0 Å². The van der Waals surface area contributed by atoms with Crippen LogP contribution in [0.3, 0.4) is 0 Å². The lowest BCUT2D eigenvalue weighted by Gasteiger charge is -2.03. The summed E-state index contributed by atoms with van der Waals surface area (Å²) in [5.74, 6) is 0. The molecule has 0 N–H and O–H groups in total. The van der Waals surface area contributed by atoms with Gasteiger partial charge in [-0.05, 0) is 44.0 Å². The third-order valence-electron chi connectivity index (χ3n) is 2.03. The monoisotopic (exact) mass is 224 g/mol. The fourth-order valence-electron chi connectivity index (χ4n) is 0.989. The van der Waals surface area contributed by atoms with Gasteiger partial charge in [-0.25, -0.2) is 0 Å². The van der Waals surface area contributed by atoms with Crippen molar-refractivity contribution in [2.45, 2.75) is 20.8 Å². The summed E-state index contributed by atoms with van der Waals surface area (Å²) in [4.78, 5) is 0. The highest BCUT2D eigenvalue weighted by Gasteiger charge is 1.96. The van der Waals surface area contributed by atoms with Crippen LogP contribution in [0.4, 0.5) is 0 Å². The third kappa shape index (κ3) is 2.21. The third-order valence-corrected chi connectivity index (χ3v) is 2.56. The van der Waals surface area contributed by atoms with Gasteiger partial charge >= 0.3 is 0 Å². The molecule has 0 amide bonds. The summed E-state index contributed by atoms with van der Waals surface area (Å²) in [7, 11) is 0. The van der Waals surface area contributed by atoms with Gasteiger partial charge < -0.3 is 0 Å². The molecule has 0 aliphatic carbocycles. The van der Waals surface area contributed by atoms with Gasteiger partial charge in [-0.1, -0.05) is 33.6 Å². The van der Waals surface area contributed by atoms with Crippen molar-refractivity contribution in [3.8, 4) is 0 Å². The lowest BCUT2D eigenvalue weighted by Crippen LogP contribution is -1.80. The fraction of sp³-hybridized carbons (Fsp3) is 0.273. The van der Waals surface area contributed by atoms with Gasteiger partial charge in [0.15, 0.2) is 0 Å². The van der Waals surface area contributed by atoms with Crippen LogP contribution in [0.2, 0.25) is 0 Å². The highest BCUT2D eigenvalue weighted by atomic mass is 79.9. The molecular formula is C11H13Br. The van der Waals surface area contributed by atoms with Crippen LogP contribution in [-0.2, 0) is 0 Å². The smallest absolute Gasteiger partial charge is 0.0175 e. The molecule has 0 bridgehead atoms. The number of rotatable bonds is 1. The molecule has 1 rings (SSSR count). The molecular weight excluding hydrogens is 212 g/mol. The van der Waals surface area contributed by atoms with Crippen LogP contribution in [0.15, 0.2) is 34.3 Å². The van der Waals surface area contributed by atoms with E-state index in [1.165, 1.54) is 16.7 Å². The molecule has 0 saturated carbocycles.